The number of hydrogen-bond acceptors (Lipinski definition) is 5. The second-order valence-electron chi connectivity index (χ2n) is 8.57. The predicted molar refractivity (Wildman–Crippen MR) is 130 cm³/mol. The van der Waals surface area contributed by atoms with Crippen molar-refractivity contribution in [3.05, 3.63) is 101 Å². The first kappa shape index (κ1) is 23.2. The summed E-state index contributed by atoms with van der Waals surface area (Å²) in [7, 11) is 0. The number of rotatable bonds is 7. The third kappa shape index (κ3) is 4.71. The van der Waals surface area contributed by atoms with Crippen LogP contribution in [0.15, 0.2) is 78.6 Å². The molecule has 0 spiro atoms. The number of amides is 1. The molecule has 6 nitrogen and oxygen atoms in total. The lowest BCUT2D eigenvalue weighted by Crippen LogP contribution is -2.29. The normalized spacial score (nSPS) is 17.4. The number of carbonyl (C=O) groups excluding carboxylic acids is 2. The molecule has 1 unspecified atom stereocenters. The van der Waals surface area contributed by atoms with Gasteiger partial charge < -0.3 is 14.7 Å². The molecule has 6 heteroatoms. The van der Waals surface area contributed by atoms with Gasteiger partial charge in [0.15, 0.2) is 0 Å². The summed E-state index contributed by atoms with van der Waals surface area (Å²) in [5, 5.41) is 11.2. The largest absolute Gasteiger partial charge is 0.507 e. The molecule has 3 aromatic rings. The highest BCUT2D eigenvalue weighted by Gasteiger charge is 2.46. The zero-order valence-electron chi connectivity index (χ0n) is 19.6. The number of nitrogens with zero attached hydrogens (tertiary/aromatic N) is 2. The minimum absolute atomic E-state index is 0.0170. The molecule has 0 bridgehead atoms. The monoisotopic (exact) mass is 456 g/mol. The number of hydrogen-bond donors (Lipinski definition) is 1. The van der Waals surface area contributed by atoms with Crippen LogP contribution < -0.4 is 4.74 Å². The van der Waals surface area contributed by atoms with Gasteiger partial charge in [-0.25, -0.2) is 0 Å². The van der Waals surface area contributed by atoms with Crippen LogP contribution in [-0.2, 0) is 22.6 Å². The van der Waals surface area contributed by atoms with Gasteiger partial charge in [-0.1, -0.05) is 37.3 Å². The fraction of sp³-hybridized carbons (Fsp3) is 0.250. The van der Waals surface area contributed by atoms with Gasteiger partial charge in [0.1, 0.15) is 11.5 Å². The molecule has 2 heterocycles. The van der Waals surface area contributed by atoms with E-state index in [9.17, 15) is 14.7 Å². The zero-order chi connectivity index (χ0) is 24.2. The summed E-state index contributed by atoms with van der Waals surface area (Å²) < 4.78 is 5.68. The van der Waals surface area contributed by atoms with Gasteiger partial charge in [0.05, 0.1) is 17.7 Å². The Morgan fingerprint density at radius 1 is 1.03 bits per heavy atom. The van der Waals surface area contributed by atoms with Gasteiger partial charge in [-0.15, -0.1) is 0 Å². The van der Waals surface area contributed by atoms with Crippen LogP contribution in [0.1, 0.15) is 49.1 Å². The van der Waals surface area contributed by atoms with Gasteiger partial charge in [0.25, 0.3) is 11.7 Å². The summed E-state index contributed by atoms with van der Waals surface area (Å²) in [5.41, 5.74) is 3.24. The van der Waals surface area contributed by atoms with E-state index in [4.69, 9.17) is 4.74 Å². The van der Waals surface area contributed by atoms with Crippen molar-refractivity contribution < 1.29 is 19.4 Å². The number of aromatic nitrogens is 1. The molecule has 1 atom stereocenters. The Morgan fingerprint density at radius 2 is 1.74 bits per heavy atom. The highest BCUT2D eigenvalue weighted by molar-refractivity contribution is 6.46. The molecular weight excluding hydrogens is 428 g/mol. The molecule has 1 N–H and O–H groups in total. The topological polar surface area (TPSA) is 79.7 Å². The lowest BCUT2D eigenvalue weighted by molar-refractivity contribution is -0.140. The molecule has 34 heavy (non-hydrogen) atoms. The Balaban J connectivity index is 1.79. The third-order valence-electron chi connectivity index (χ3n) is 5.82. The average molecular weight is 457 g/mol. The number of aliphatic hydroxyl groups is 1. The quantitative estimate of drug-likeness (QED) is 0.306. The highest BCUT2D eigenvalue weighted by Crippen LogP contribution is 2.40. The van der Waals surface area contributed by atoms with Crippen molar-refractivity contribution in [3.63, 3.8) is 0 Å². The van der Waals surface area contributed by atoms with E-state index < -0.39 is 17.7 Å². The predicted octanol–water partition coefficient (Wildman–Crippen LogP) is 5.05. The van der Waals surface area contributed by atoms with Crippen molar-refractivity contribution in [1.29, 1.82) is 0 Å². The van der Waals surface area contributed by atoms with Gasteiger partial charge in [0, 0.05) is 24.5 Å². The molecule has 1 amide bonds. The number of carbonyl (C=O) groups is 2. The van der Waals surface area contributed by atoms with Crippen molar-refractivity contribution in [2.45, 2.75) is 45.9 Å². The Hall–Kier alpha value is -3.93. The summed E-state index contributed by atoms with van der Waals surface area (Å²) in [5.74, 6) is -0.883. The lowest BCUT2D eigenvalue weighted by atomic mass is 9.94. The first-order valence-electron chi connectivity index (χ1n) is 11.4. The Labute approximate surface area is 199 Å². The summed E-state index contributed by atoms with van der Waals surface area (Å²) in [6.07, 6.45) is 4.22. The Morgan fingerprint density at radius 3 is 2.32 bits per heavy atom. The maximum Gasteiger partial charge on any atom is 0.295 e. The van der Waals surface area contributed by atoms with Gasteiger partial charge in [-0.2, -0.15) is 0 Å². The van der Waals surface area contributed by atoms with Crippen LogP contribution in [0.4, 0.5) is 0 Å². The van der Waals surface area contributed by atoms with E-state index in [1.54, 1.807) is 42.7 Å². The molecule has 2 aromatic carbocycles. The van der Waals surface area contributed by atoms with Gasteiger partial charge in [0.2, 0.25) is 0 Å². The number of pyridine rings is 1. The van der Waals surface area contributed by atoms with Crippen LogP contribution in [0.2, 0.25) is 0 Å². The minimum Gasteiger partial charge on any atom is -0.507 e. The summed E-state index contributed by atoms with van der Waals surface area (Å²) >= 11 is 0. The maximum atomic E-state index is 13.2. The third-order valence-corrected chi connectivity index (χ3v) is 5.82. The van der Waals surface area contributed by atoms with E-state index in [0.29, 0.717) is 11.3 Å². The van der Waals surface area contributed by atoms with E-state index in [-0.39, 0.29) is 24.0 Å². The number of Topliss-reactive ketones (excluding diaryl/α,β-unsaturated/α-hetero) is 1. The number of ether oxygens (including phenoxy) is 1. The van der Waals surface area contributed by atoms with Crippen LogP contribution in [0.25, 0.3) is 5.76 Å². The zero-order valence-corrected chi connectivity index (χ0v) is 19.6. The van der Waals surface area contributed by atoms with Crippen LogP contribution in [0, 0.1) is 0 Å². The van der Waals surface area contributed by atoms with Crippen molar-refractivity contribution in [1.82, 2.24) is 9.88 Å². The van der Waals surface area contributed by atoms with Crippen molar-refractivity contribution >= 4 is 17.4 Å². The lowest BCUT2D eigenvalue weighted by Gasteiger charge is -2.25. The van der Waals surface area contributed by atoms with Gasteiger partial charge in [-0.05, 0) is 67.3 Å². The molecule has 1 aliphatic heterocycles. The average Bonchev–Trinajstić information content (AvgIpc) is 3.09. The van der Waals surface area contributed by atoms with Crippen LogP contribution >= 0.6 is 0 Å². The smallest absolute Gasteiger partial charge is 0.295 e. The number of benzene rings is 2. The molecule has 1 fully saturated rings. The molecule has 1 saturated heterocycles. The molecule has 0 radical (unpaired) electrons. The molecule has 174 valence electrons. The minimum atomic E-state index is -0.710. The molecule has 0 saturated carbocycles. The van der Waals surface area contributed by atoms with E-state index in [2.05, 4.69) is 11.9 Å². The van der Waals surface area contributed by atoms with Crippen LogP contribution in [-0.4, -0.2) is 32.8 Å². The van der Waals surface area contributed by atoms with E-state index >= 15 is 0 Å². The number of ketones is 1. The fourth-order valence-corrected chi connectivity index (χ4v) is 4.13. The number of aryl methyl sites for hydroxylation is 1. The number of aliphatic hydroxyl groups excluding tert-OH is 1. The fourth-order valence-electron chi connectivity index (χ4n) is 4.13. The van der Waals surface area contributed by atoms with Crippen molar-refractivity contribution in [2.24, 2.45) is 0 Å². The van der Waals surface area contributed by atoms with Crippen LogP contribution in [0.3, 0.4) is 0 Å². The standard InChI is InChI=1S/C28H28N2O4/c1-4-19-7-9-21(10-8-19)25-24(26(31)22-11-13-23(14-12-22)34-18(2)3)27(32)28(33)30(25)17-20-6-5-15-29-16-20/h5-16,18,25,31H,4,17H2,1-3H3/b26-24-. The number of likely N-dealkylation sites (tertiary alicyclic amines) is 1. The molecule has 1 aromatic heterocycles. The molecule has 1 aliphatic rings. The van der Waals surface area contributed by atoms with Crippen LogP contribution in [0.5, 0.6) is 5.75 Å². The summed E-state index contributed by atoms with van der Waals surface area (Å²) in [6.45, 7) is 6.13. The maximum absolute atomic E-state index is 13.2. The first-order chi connectivity index (χ1) is 16.4. The van der Waals surface area contributed by atoms with Gasteiger partial charge in [-0.3, -0.25) is 14.6 Å². The van der Waals surface area contributed by atoms with E-state index in [1.165, 1.54) is 4.90 Å². The Kier molecular flexibility index (Phi) is 6.77. The Bertz CT molecular complexity index is 1200. The molecule has 0 aliphatic carbocycles. The van der Waals surface area contributed by atoms with E-state index in [0.717, 1.165) is 23.1 Å². The highest BCUT2D eigenvalue weighted by atomic mass is 16.5. The first-order valence-corrected chi connectivity index (χ1v) is 11.4. The second-order valence-corrected chi connectivity index (χ2v) is 8.57. The summed E-state index contributed by atoms with van der Waals surface area (Å²) in [6, 6.07) is 17.6. The molecular formula is C28H28N2O4. The molecule has 4 rings (SSSR count). The van der Waals surface area contributed by atoms with E-state index in [1.807, 2.05) is 44.2 Å². The second kappa shape index (κ2) is 9.91. The van der Waals surface area contributed by atoms with Crippen molar-refractivity contribution in [3.8, 4) is 5.75 Å². The SMILES string of the molecule is CCc1ccc(C2/C(=C(/O)c3ccc(OC(C)C)cc3)C(=O)C(=O)N2Cc2cccnc2)cc1. The van der Waals surface area contributed by atoms with Crippen molar-refractivity contribution in [2.75, 3.05) is 0 Å². The summed E-state index contributed by atoms with van der Waals surface area (Å²) in [4.78, 5) is 31.9. The van der Waals surface area contributed by atoms with Gasteiger partial charge >= 0.3 is 0 Å².